The van der Waals surface area contributed by atoms with E-state index in [1.165, 1.54) is 0 Å². The second kappa shape index (κ2) is 5.63. The van der Waals surface area contributed by atoms with E-state index in [1.807, 2.05) is 36.4 Å². The number of rotatable bonds is 2. The SMILES string of the molecule is N#Cc1cc(-c2ccccc2)c2ccc(C(F)Br)cc2n1. The molecular formula is C17H10BrFN2. The van der Waals surface area contributed by atoms with Crippen molar-refractivity contribution >= 4 is 26.8 Å². The summed E-state index contributed by atoms with van der Waals surface area (Å²) >= 11 is 2.91. The van der Waals surface area contributed by atoms with Crippen LogP contribution in [0.5, 0.6) is 0 Å². The Morgan fingerprint density at radius 1 is 1.10 bits per heavy atom. The molecule has 0 N–H and O–H groups in total. The summed E-state index contributed by atoms with van der Waals surface area (Å²) in [6.45, 7) is 0. The highest BCUT2D eigenvalue weighted by Crippen LogP contribution is 2.32. The normalized spacial score (nSPS) is 12.0. The van der Waals surface area contributed by atoms with Crippen LogP contribution in [0.15, 0.2) is 54.6 Å². The van der Waals surface area contributed by atoms with Gasteiger partial charge in [0.05, 0.1) is 5.52 Å². The zero-order chi connectivity index (χ0) is 14.8. The van der Waals surface area contributed by atoms with E-state index in [0.717, 1.165) is 16.5 Å². The van der Waals surface area contributed by atoms with E-state index in [0.29, 0.717) is 16.8 Å². The van der Waals surface area contributed by atoms with E-state index >= 15 is 0 Å². The van der Waals surface area contributed by atoms with Gasteiger partial charge in [0.1, 0.15) is 11.8 Å². The number of fused-ring (bicyclic) bond motifs is 1. The molecule has 0 saturated carbocycles. The summed E-state index contributed by atoms with van der Waals surface area (Å²) < 4.78 is 13.4. The number of alkyl halides is 2. The first-order valence-corrected chi connectivity index (χ1v) is 7.29. The van der Waals surface area contributed by atoms with Crippen LogP contribution in [-0.4, -0.2) is 4.98 Å². The number of hydrogen-bond acceptors (Lipinski definition) is 2. The molecule has 2 aromatic carbocycles. The smallest absolute Gasteiger partial charge is 0.180 e. The molecule has 21 heavy (non-hydrogen) atoms. The van der Waals surface area contributed by atoms with Gasteiger partial charge in [0.2, 0.25) is 0 Å². The molecule has 102 valence electrons. The zero-order valence-corrected chi connectivity index (χ0v) is 12.5. The topological polar surface area (TPSA) is 36.7 Å². The molecule has 0 aliphatic heterocycles. The van der Waals surface area contributed by atoms with Gasteiger partial charge in [0.25, 0.3) is 0 Å². The predicted octanol–water partition coefficient (Wildman–Crippen LogP) is 5.14. The average Bonchev–Trinajstić information content (AvgIpc) is 2.53. The first-order chi connectivity index (χ1) is 10.2. The third kappa shape index (κ3) is 2.65. The largest absolute Gasteiger partial charge is 0.237 e. The maximum absolute atomic E-state index is 13.4. The molecule has 1 aromatic heterocycles. The fourth-order valence-corrected chi connectivity index (χ4v) is 2.58. The van der Waals surface area contributed by atoms with E-state index < -0.39 is 5.08 Å². The Morgan fingerprint density at radius 3 is 2.52 bits per heavy atom. The van der Waals surface area contributed by atoms with E-state index in [2.05, 4.69) is 27.0 Å². The number of nitrogens with zero attached hydrogens (tertiary/aromatic N) is 2. The number of benzene rings is 2. The lowest BCUT2D eigenvalue weighted by molar-refractivity contribution is 0.479. The van der Waals surface area contributed by atoms with Gasteiger partial charge in [-0.05, 0) is 44.8 Å². The molecule has 1 unspecified atom stereocenters. The molecule has 2 nitrogen and oxygen atoms in total. The predicted molar refractivity (Wildman–Crippen MR) is 84.7 cm³/mol. The van der Waals surface area contributed by atoms with Crippen molar-refractivity contribution in [3.05, 3.63) is 65.9 Å². The molecule has 0 aliphatic carbocycles. The van der Waals surface area contributed by atoms with Crippen molar-refractivity contribution in [2.45, 2.75) is 5.08 Å². The third-order valence-electron chi connectivity index (χ3n) is 3.29. The molecule has 4 heteroatoms. The summed E-state index contributed by atoms with van der Waals surface area (Å²) in [6.07, 6.45) is 0. The molecule has 0 aliphatic rings. The van der Waals surface area contributed by atoms with Crippen LogP contribution in [-0.2, 0) is 0 Å². The highest BCUT2D eigenvalue weighted by Gasteiger charge is 2.11. The maximum Gasteiger partial charge on any atom is 0.180 e. The summed E-state index contributed by atoms with van der Waals surface area (Å²) in [5.41, 5.74) is 3.36. The van der Waals surface area contributed by atoms with E-state index in [4.69, 9.17) is 5.26 Å². The Morgan fingerprint density at radius 2 is 1.86 bits per heavy atom. The Labute approximate surface area is 130 Å². The molecular weight excluding hydrogens is 331 g/mol. The molecule has 1 heterocycles. The number of halogens is 2. The standard InChI is InChI=1S/C17H10BrFN2/c18-17(19)12-6-7-14-15(11-4-2-1-3-5-11)9-13(10-20)21-16(14)8-12/h1-9,17H. The lowest BCUT2D eigenvalue weighted by atomic mass is 9.99. The van der Waals surface area contributed by atoms with Crippen molar-refractivity contribution < 1.29 is 4.39 Å². The molecule has 0 saturated heterocycles. The molecule has 0 spiro atoms. The summed E-state index contributed by atoms with van der Waals surface area (Å²) in [5, 5.41) is 8.81. The van der Waals surface area contributed by atoms with Crippen molar-refractivity contribution in [2.24, 2.45) is 0 Å². The molecule has 0 fully saturated rings. The Bertz CT molecular complexity index is 839. The van der Waals surface area contributed by atoms with Gasteiger partial charge in [-0.15, -0.1) is 0 Å². The second-order valence-electron chi connectivity index (χ2n) is 4.61. The van der Waals surface area contributed by atoms with Crippen LogP contribution in [0.4, 0.5) is 4.39 Å². The van der Waals surface area contributed by atoms with Crippen molar-refractivity contribution in [3.8, 4) is 17.2 Å². The van der Waals surface area contributed by atoms with Gasteiger partial charge in [0, 0.05) is 5.39 Å². The Kier molecular flexibility index (Phi) is 3.68. The summed E-state index contributed by atoms with van der Waals surface area (Å²) in [6, 6.07) is 18.8. The van der Waals surface area contributed by atoms with E-state index in [9.17, 15) is 4.39 Å². The zero-order valence-electron chi connectivity index (χ0n) is 10.9. The average molecular weight is 341 g/mol. The number of pyridine rings is 1. The molecule has 0 radical (unpaired) electrons. The summed E-state index contributed by atoms with van der Waals surface area (Å²) in [5.74, 6) is 0. The fourth-order valence-electron chi connectivity index (χ4n) is 2.29. The van der Waals surface area contributed by atoms with Crippen molar-refractivity contribution in [3.63, 3.8) is 0 Å². The molecule has 3 rings (SSSR count). The first kappa shape index (κ1) is 13.7. The number of aromatic nitrogens is 1. The third-order valence-corrected chi connectivity index (χ3v) is 3.81. The monoisotopic (exact) mass is 340 g/mol. The van der Waals surface area contributed by atoms with Crippen molar-refractivity contribution in [1.82, 2.24) is 4.98 Å². The molecule has 0 bridgehead atoms. The van der Waals surface area contributed by atoms with Crippen molar-refractivity contribution in [2.75, 3.05) is 0 Å². The van der Waals surface area contributed by atoms with Gasteiger partial charge < -0.3 is 0 Å². The minimum absolute atomic E-state index is 0.323. The minimum Gasteiger partial charge on any atom is -0.237 e. The highest BCUT2D eigenvalue weighted by molar-refractivity contribution is 9.09. The van der Waals surface area contributed by atoms with E-state index in [-0.39, 0.29) is 0 Å². The Hall–Kier alpha value is -2.25. The lowest BCUT2D eigenvalue weighted by Crippen LogP contribution is -1.91. The summed E-state index contributed by atoms with van der Waals surface area (Å²) in [7, 11) is 0. The van der Waals surface area contributed by atoms with Crippen LogP contribution >= 0.6 is 15.9 Å². The van der Waals surface area contributed by atoms with E-state index in [1.54, 1.807) is 18.2 Å². The quantitative estimate of drug-likeness (QED) is 0.606. The van der Waals surface area contributed by atoms with Crippen LogP contribution in [0.1, 0.15) is 16.3 Å². The summed E-state index contributed by atoms with van der Waals surface area (Å²) in [4.78, 5) is 4.27. The fraction of sp³-hybridized carbons (Fsp3) is 0.0588. The van der Waals surface area contributed by atoms with Crippen LogP contribution in [0.2, 0.25) is 0 Å². The maximum atomic E-state index is 13.4. The van der Waals surface area contributed by atoms with Gasteiger partial charge in [-0.3, -0.25) is 0 Å². The number of hydrogen-bond donors (Lipinski definition) is 0. The first-order valence-electron chi connectivity index (χ1n) is 6.37. The van der Waals surface area contributed by atoms with Gasteiger partial charge in [-0.1, -0.05) is 42.5 Å². The Balaban J connectivity index is 2.31. The molecule has 1 atom stereocenters. The van der Waals surface area contributed by atoms with Gasteiger partial charge in [0.15, 0.2) is 5.08 Å². The van der Waals surface area contributed by atoms with Crippen molar-refractivity contribution in [1.29, 1.82) is 5.26 Å². The van der Waals surface area contributed by atoms with Crippen LogP contribution < -0.4 is 0 Å². The minimum atomic E-state index is -1.24. The van der Waals surface area contributed by atoms with Gasteiger partial charge in [-0.2, -0.15) is 5.26 Å². The molecule has 0 amide bonds. The second-order valence-corrected chi connectivity index (χ2v) is 5.41. The van der Waals surface area contributed by atoms with Gasteiger partial charge >= 0.3 is 0 Å². The van der Waals surface area contributed by atoms with Crippen LogP contribution in [0.25, 0.3) is 22.0 Å². The number of nitriles is 1. The highest BCUT2D eigenvalue weighted by atomic mass is 79.9. The van der Waals surface area contributed by atoms with Crippen LogP contribution in [0.3, 0.4) is 0 Å². The lowest BCUT2D eigenvalue weighted by Gasteiger charge is -2.09. The van der Waals surface area contributed by atoms with Gasteiger partial charge in [-0.25, -0.2) is 9.37 Å². The molecule has 3 aromatic rings. The van der Waals surface area contributed by atoms with Crippen LogP contribution in [0, 0.1) is 11.3 Å².